The summed E-state index contributed by atoms with van der Waals surface area (Å²) < 4.78 is 26.0. The van der Waals surface area contributed by atoms with E-state index in [0.29, 0.717) is 6.07 Å². The summed E-state index contributed by atoms with van der Waals surface area (Å²) in [5, 5.41) is 18.1. The van der Waals surface area contributed by atoms with Crippen LogP contribution in [0, 0.1) is 23.0 Å². The smallest absolute Gasteiger partial charge is 0.174 e. The summed E-state index contributed by atoms with van der Waals surface area (Å²) in [7, 11) is 0. The number of hydrogen-bond acceptors (Lipinski definition) is 3. The summed E-state index contributed by atoms with van der Waals surface area (Å²) in [6.07, 6.45) is 0. The minimum absolute atomic E-state index is 0.508. The lowest BCUT2D eigenvalue weighted by Gasteiger charge is -2.03. The lowest BCUT2D eigenvalue weighted by molar-refractivity contribution is -0.113. The van der Waals surface area contributed by atoms with Crippen molar-refractivity contribution in [1.82, 2.24) is 0 Å². The molecule has 0 aliphatic heterocycles. The zero-order valence-electron chi connectivity index (χ0n) is 8.29. The molecule has 1 N–H and O–H groups in total. The highest BCUT2D eigenvalue weighted by Gasteiger charge is 2.16. The zero-order valence-corrected chi connectivity index (χ0v) is 8.29. The average Bonchev–Trinajstić information content (AvgIpc) is 2.22. The molecule has 0 aliphatic carbocycles. The lowest BCUT2D eigenvalue weighted by Crippen LogP contribution is -2.01. The Morgan fingerprint density at radius 2 is 2.06 bits per heavy atom. The van der Waals surface area contributed by atoms with Gasteiger partial charge in [-0.2, -0.15) is 5.26 Å². The molecule has 1 aromatic carbocycles. The largest absolute Gasteiger partial charge is 0.506 e. The number of aliphatic hydroxyl groups excluding tert-OH is 1. The summed E-state index contributed by atoms with van der Waals surface area (Å²) in [4.78, 5) is 10.9. The van der Waals surface area contributed by atoms with E-state index < -0.39 is 34.3 Å². The summed E-state index contributed by atoms with van der Waals surface area (Å²) in [5.74, 6) is -3.26. The third-order valence-electron chi connectivity index (χ3n) is 1.88. The molecule has 1 rings (SSSR count). The number of carbonyl (C=O) groups excluding carboxylic acids is 1. The Balaban J connectivity index is 3.44. The molecule has 16 heavy (non-hydrogen) atoms. The molecule has 0 spiro atoms. The maximum absolute atomic E-state index is 13.2. The summed E-state index contributed by atoms with van der Waals surface area (Å²) in [6.45, 7) is 1.05. The predicted octanol–water partition coefficient (Wildman–Crippen LogP) is 2.35. The molecule has 82 valence electrons. The van der Waals surface area contributed by atoms with Crippen LogP contribution in [-0.2, 0) is 4.79 Å². The van der Waals surface area contributed by atoms with Gasteiger partial charge < -0.3 is 5.11 Å². The number of rotatable bonds is 2. The molecule has 0 fully saturated rings. The molecule has 0 atom stereocenters. The Labute approximate surface area is 90.2 Å². The minimum Gasteiger partial charge on any atom is -0.506 e. The highest BCUT2D eigenvalue weighted by molar-refractivity contribution is 6.03. The summed E-state index contributed by atoms with van der Waals surface area (Å²) in [5.41, 5.74) is -1.11. The van der Waals surface area contributed by atoms with Crippen LogP contribution >= 0.6 is 0 Å². The van der Waals surface area contributed by atoms with Crippen LogP contribution in [0.5, 0.6) is 0 Å². The molecule has 0 aromatic heterocycles. The third kappa shape index (κ3) is 2.23. The number of benzene rings is 1. The number of aliphatic hydroxyl groups is 1. The van der Waals surface area contributed by atoms with Crippen molar-refractivity contribution in [3.63, 3.8) is 0 Å². The van der Waals surface area contributed by atoms with E-state index in [0.717, 1.165) is 19.1 Å². The molecule has 0 aliphatic rings. The lowest BCUT2D eigenvalue weighted by atomic mass is 10.1. The van der Waals surface area contributed by atoms with E-state index in [-0.39, 0.29) is 0 Å². The fraction of sp³-hybridized carbons (Fsp3) is 0.0909. The van der Waals surface area contributed by atoms with Gasteiger partial charge in [-0.25, -0.2) is 8.78 Å². The third-order valence-corrected chi connectivity index (χ3v) is 1.88. The van der Waals surface area contributed by atoms with Gasteiger partial charge in [0.15, 0.2) is 5.78 Å². The van der Waals surface area contributed by atoms with Gasteiger partial charge in [0, 0.05) is 6.92 Å². The molecule has 0 unspecified atom stereocenters. The number of ketones is 1. The number of carbonyl (C=O) groups is 1. The molecule has 0 saturated carbocycles. The van der Waals surface area contributed by atoms with Gasteiger partial charge in [-0.05, 0) is 18.2 Å². The van der Waals surface area contributed by atoms with Crippen molar-refractivity contribution in [2.45, 2.75) is 6.92 Å². The van der Waals surface area contributed by atoms with E-state index in [1.165, 1.54) is 6.07 Å². The van der Waals surface area contributed by atoms with Crippen LogP contribution in [0.25, 0.3) is 5.76 Å². The van der Waals surface area contributed by atoms with E-state index in [4.69, 9.17) is 5.26 Å². The molecule has 0 saturated heterocycles. The van der Waals surface area contributed by atoms with E-state index in [1.54, 1.807) is 0 Å². The quantitative estimate of drug-likeness (QED) is 0.475. The number of hydrogen-bond donors (Lipinski definition) is 1. The first-order chi connectivity index (χ1) is 7.47. The highest BCUT2D eigenvalue weighted by Crippen LogP contribution is 2.20. The maximum Gasteiger partial charge on any atom is 0.174 e. The van der Waals surface area contributed by atoms with Crippen molar-refractivity contribution in [3.05, 3.63) is 41.0 Å². The van der Waals surface area contributed by atoms with Gasteiger partial charge >= 0.3 is 0 Å². The maximum atomic E-state index is 13.2. The second-order valence-electron chi connectivity index (χ2n) is 3.02. The van der Waals surface area contributed by atoms with Crippen LogP contribution in [0.1, 0.15) is 12.5 Å². The molecular weight excluding hydrogens is 216 g/mol. The Kier molecular flexibility index (Phi) is 3.36. The van der Waals surface area contributed by atoms with Crippen LogP contribution in [0.3, 0.4) is 0 Å². The SMILES string of the molecule is CC(=O)C(C#N)=C(O)c1cc(F)ccc1F. The number of allylic oxidation sites excluding steroid dienone is 1. The fourth-order valence-electron chi connectivity index (χ4n) is 1.11. The van der Waals surface area contributed by atoms with Crippen molar-refractivity contribution in [1.29, 1.82) is 5.26 Å². The number of halogens is 2. The summed E-state index contributed by atoms with van der Waals surface area (Å²) in [6, 6.07) is 3.82. The predicted molar refractivity (Wildman–Crippen MR) is 52.2 cm³/mol. The highest BCUT2D eigenvalue weighted by atomic mass is 19.1. The first-order valence-electron chi connectivity index (χ1n) is 4.27. The van der Waals surface area contributed by atoms with Gasteiger partial charge in [-0.1, -0.05) is 0 Å². The molecule has 0 radical (unpaired) electrons. The van der Waals surface area contributed by atoms with Crippen LogP contribution in [0.4, 0.5) is 8.78 Å². The van der Waals surface area contributed by atoms with Crippen molar-refractivity contribution in [3.8, 4) is 6.07 Å². The monoisotopic (exact) mass is 223 g/mol. The van der Waals surface area contributed by atoms with Crippen LogP contribution in [-0.4, -0.2) is 10.9 Å². The fourth-order valence-corrected chi connectivity index (χ4v) is 1.11. The first kappa shape index (κ1) is 11.9. The molecular formula is C11H7F2NO2. The number of nitriles is 1. The Morgan fingerprint density at radius 3 is 2.56 bits per heavy atom. The zero-order chi connectivity index (χ0) is 12.3. The molecule has 0 bridgehead atoms. The van der Waals surface area contributed by atoms with Crippen molar-refractivity contribution in [2.24, 2.45) is 0 Å². The Morgan fingerprint density at radius 1 is 1.44 bits per heavy atom. The van der Waals surface area contributed by atoms with Gasteiger partial charge in [0.25, 0.3) is 0 Å². The normalized spacial score (nSPS) is 11.6. The first-order valence-corrected chi connectivity index (χ1v) is 4.27. The van der Waals surface area contributed by atoms with Crippen LogP contribution in [0.15, 0.2) is 23.8 Å². The van der Waals surface area contributed by atoms with Crippen molar-refractivity contribution in [2.75, 3.05) is 0 Å². The average molecular weight is 223 g/mol. The molecule has 1 aromatic rings. The molecule has 0 amide bonds. The van der Waals surface area contributed by atoms with Gasteiger partial charge in [0.2, 0.25) is 0 Å². The van der Waals surface area contributed by atoms with Crippen molar-refractivity contribution < 1.29 is 18.7 Å². The van der Waals surface area contributed by atoms with Crippen LogP contribution < -0.4 is 0 Å². The van der Waals surface area contributed by atoms with E-state index in [1.807, 2.05) is 0 Å². The van der Waals surface area contributed by atoms with Crippen molar-refractivity contribution >= 4 is 11.5 Å². The summed E-state index contributed by atoms with van der Waals surface area (Å²) >= 11 is 0. The van der Waals surface area contributed by atoms with Gasteiger partial charge in [-0.3, -0.25) is 4.79 Å². The Hall–Kier alpha value is -2.22. The second kappa shape index (κ2) is 4.53. The topological polar surface area (TPSA) is 61.1 Å². The van der Waals surface area contributed by atoms with Gasteiger partial charge in [0.1, 0.15) is 29.0 Å². The van der Waals surface area contributed by atoms with Gasteiger partial charge in [-0.15, -0.1) is 0 Å². The molecule has 0 heterocycles. The second-order valence-corrected chi connectivity index (χ2v) is 3.02. The van der Waals surface area contributed by atoms with Crippen LogP contribution in [0.2, 0.25) is 0 Å². The molecule has 5 heteroatoms. The Bertz CT molecular complexity index is 515. The number of nitrogens with zero attached hydrogens (tertiary/aromatic N) is 1. The van der Waals surface area contributed by atoms with E-state index in [2.05, 4.69) is 0 Å². The van der Waals surface area contributed by atoms with E-state index in [9.17, 15) is 18.7 Å². The van der Waals surface area contributed by atoms with Gasteiger partial charge in [0.05, 0.1) is 5.56 Å². The standard InChI is InChI=1S/C11H7F2NO2/c1-6(15)9(5-14)11(16)8-4-7(12)2-3-10(8)13/h2-4,16H,1H3. The van der Waals surface area contributed by atoms with E-state index >= 15 is 0 Å². The molecule has 3 nitrogen and oxygen atoms in total. The number of Topliss-reactive ketones (excluding diaryl/α,β-unsaturated/α-hetero) is 1. The minimum atomic E-state index is -0.909.